The topological polar surface area (TPSA) is 41.5 Å². The number of carbonyl (C=O) groups excluding carboxylic acids is 1. The molecular weight excluding hydrogens is 340 g/mol. The summed E-state index contributed by atoms with van der Waals surface area (Å²) in [5, 5.41) is 4.04. The van der Waals surface area contributed by atoms with Gasteiger partial charge in [0.15, 0.2) is 5.17 Å². The maximum atomic E-state index is 12.1. The molecule has 2 aromatic rings. The summed E-state index contributed by atoms with van der Waals surface area (Å²) >= 11 is 7.45. The maximum absolute atomic E-state index is 12.1. The monoisotopic (exact) mass is 356 g/mol. The highest BCUT2D eigenvalue weighted by molar-refractivity contribution is 8.18. The van der Waals surface area contributed by atoms with Crippen molar-refractivity contribution in [1.82, 2.24) is 5.32 Å². The molecule has 1 heterocycles. The minimum absolute atomic E-state index is 0.127. The van der Waals surface area contributed by atoms with Gasteiger partial charge in [0.2, 0.25) is 0 Å². The molecule has 5 heteroatoms. The zero-order valence-electron chi connectivity index (χ0n) is 13.5. The molecule has 2 aromatic carbocycles. The average molecular weight is 357 g/mol. The summed E-state index contributed by atoms with van der Waals surface area (Å²) in [4.78, 5) is 17.3. The van der Waals surface area contributed by atoms with E-state index in [4.69, 9.17) is 11.6 Å². The quantitative estimate of drug-likeness (QED) is 0.777. The molecule has 0 radical (unpaired) electrons. The lowest BCUT2D eigenvalue weighted by Gasteiger charge is -2.02. The van der Waals surface area contributed by atoms with Crippen LogP contribution >= 0.6 is 23.4 Å². The minimum Gasteiger partial charge on any atom is -0.300 e. The van der Waals surface area contributed by atoms with Crippen LogP contribution in [0.25, 0.3) is 6.08 Å². The second-order valence-electron chi connectivity index (χ2n) is 5.46. The van der Waals surface area contributed by atoms with Gasteiger partial charge in [-0.25, -0.2) is 4.99 Å². The molecule has 1 amide bonds. The Labute approximate surface area is 150 Å². The van der Waals surface area contributed by atoms with Gasteiger partial charge in [-0.2, -0.15) is 0 Å². The second kappa shape index (κ2) is 7.24. The Hall–Kier alpha value is -2.04. The smallest absolute Gasteiger partial charge is 0.264 e. The number of nitrogens with zero attached hydrogens (tertiary/aromatic N) is 1. The minimum atomic E-state index is -0.127. The first-order valence-corrected chi connectivity index (χ1v) is 8.90. The molecule has 0 atom stereocenters. The van der Waals surface area contributed by atoms with E-state index in [0.717, 1.165) is 23.2 Å². The molecule has 3 nitrogen and oxygen atoms in total. The van der Waals surface area contributed by atoms with Gasteiger partial charge in [-0.3, -0.25) is 4.79 Å². The zero-order chi connectivity index (χ0) is 17.1. The van der Waals surface area contributed by atoms with Gasteiger partial charge in [0.05, 0.1) is 10.6 Å². The van der Waals surface area contributed by atoms with E-state index in [1.807, 2.05) is 43.3 Å². The largest absolute Gasteiger partial charge is 0.300 e. The Morgan fingerprint density at radius 2 is 1.96 bits per heavy atom. The van der Waals surface area contributed by atoms with Crippen LogP contribution in [0.15, 0.2) is 52.4 Å². The predicted molar refractivity (Wildman–Crippen MR) is 103 cm³/mol. The third kappa shape index (κ3) is 3.71. The highest BCUT2D eigenvalue weighted by Crippen LogP contribution is 2.31. The van der Waals surface area contributed by atoms with Gasteiger partial charge in [-0.1, -0.05) is 48.9 Å². The lowest BCUT2D eigenvalue weighted by molar-refractivity contribution is -0.115. The number of aliphatic imine (C=N–C) groups is 1. The van der Waals surface area contributed by atoms with E-state index in [1.54, 1.807) is 0 Å². The predicted octanol–water partition coefficient (Wildman–Crippen LogP) is 5.10. The number of hydrogen-bond acceptors (Lipinski definition) is 3. The number of halogens is 1. The number of amidine groups is 1. The van der Waals surface area contributed by atoms with E-state index in [-0.39, 0.29) is 5.91 Å². The van der Waals surface area contributed by atoms with E-state index in [0.29, 0.717) is 15.1 Å². The molecule has 1 saturated heterocycles. The summed E-state index contributed by atoms with van der Waals surface area (Å²) in [6.07, 6.45) is 2.88. The van der Waals surface area contributed by atoms with Crippen molar-refractivity contribution in [3.63, 3.8) is 0 Å². The van der Waals surface area contributed by atoms with Crippen LogP contribution in [0.2, 0.25) is 5.02 Å². The summed E-state index contributed by atoms with van der Waals surface area (Å²) < 4.78 is 0. The third-order valence-electron chi connectivity index (χ3n) is 3.80. The summed E-state index contributed by atoms with van der Waals surface area (Å²) in [6, 6.07) is 13.8. The van der Waals surface area contributed by atoms with E-state index in [1.165, 1.54) is 17.3 Å². The first kappa shape index (κ1) is 16.8. The molecule has 1 N–H and O–H groups in total. The second-order valence-corrected chi connectivity index (χ2v) is 6.90. The van der Waals surface area contributed by atoms with Crippen molar-refractivity contribution in [2.75, 3.05) is 0 Å². The Morgan fingerprint density at radius 3 is 2.67 bits per heavy atom. The molecule has 122 valence electrons. The van der Waals surface area contributed by atoms with Gasteiger partial charge in [-0.15, -0.1) is 0 Å². The summed E-state index contributed by atoms with van der Waals surface area (Å²) in [5.74, 6) is -0.127. The Bertz CT molecular complexity index is 841. The van der Waals surface area contributed by atoms with Crippen molar-refractivity contribution in [2.24, 2.45) is 4.99 Å². The number of nitrogens with one attached hydrogen (secondary N) is 1. The van der Waals surface area contributed by atoms with Crippen molar-refractivity contribution in [1.29, 1.82) is 0 Å². The van der Waals surface area contributed by atoms with Crippen LogP contribution in [0, 0.1) is 6.92 Å². The van der Waals surface area contributed by atoms with E-state index < -0.39 is 0 Å². The molecule has 0 spiro atoms. The van der Waals surface area contributed by atoms with Crippen LogP contribution in [0.3, 0.4) is 0 Å². The fourth-order valence-electron chi connectivity index (χ4n) is 2.31. The lowest BCUT2D eigenvalue weighted by Crippen LogP contribution is -2.19. The van der Waals surface area contributed by atoms with Gasteiger partial charge < -0.3 is 5.32 Å². The normalized spacial score (nSPS) is 17.5. The molecule has 24 heavy (non-hydrogen) atoms. The number of hydrogen-bond donors (Lipinski definition) is 1. The van der Waals surface area contributed by atoms with E-state index in [2.05, 4.69) is 29.4 Å². The molecule has 1 aliphatic rings. The average Bonchev–Trinajstić information content (AvgIpc) is 2.92. The van der Waals surface area contributed by atoms with Crippen molar-refractivity contribution in [2.45, 2.75) is 20.3 Å². The fraction of sp³-hybridized carbons (Fsp3) is 0.158. The van der Waals surface area contributed by atoms with Crippen LogP contribution in [-0.2, 0) is 11.2 Å². The summed E-state index contributed by atoms with van der Waals surface area (Å²) in [6.45, 7) is 4.03. The molecular formula is C19H17ClN2OS. The van der Waals surface area contributed by atoms with Gasteiger partial charge in [0.1, 0.15) is 0 Å². The molecule has 1 aliphatic heterocycles. The van der Waals surface area contributed by atoms with Crippen molar-refractivity contribution in [3.05, 3.63) is 69.1 Å². The summed E-state index contributed by atoms with van der Waals surface area (Å²) in [5.41, 5.74) is 3.94. The third-order valence-corrected chi connectivity index (χ3v) is 5.12. The standard InChI is InChI=1S/C19H17ClN2OS/c1-3-13-7-9-14(10-8-13)11-17-18(23)22-19(24-17)21-16-6-4-5-15(20)12(16)2/h4-11H,3H2,1-2H3,(H,21,22,23)/b17-11-. The number of carbonyl (C=O) groups is 1. The molecule has 0 aliphatic carbocycles. The maximum Gasteiger partial charge on any atom is 0.264 e. The highest BCUT2D eigenvalue weighted by atomic mass is 35.5. The van der Waals surface area contributed by atoms with E-state index >= 15 is 0 Å². The van der Waals surface area contributed by atoms with Crippen LogP contribution in [0.5, 0.6) is 0 Å². The number of thioether (sulfide) groups is 1. The molecule has 3 rings (SSSR count). The molecule has 1 fully saturated rings. The van der Waals surface area contributed by atoms with Gasteiger partial charge in [0.25, 0.3) is 5.91 Å². The van der Waals surface area contributed by atoms with Gasteiger partial charge in [-0.05, 0) is 60.0 Å². The van der Waals surface area contributed by atoms with Crippen LogP contribution in [0.1, 0.15) is 23.6 Å². The van der Waals surface area contributed by atoms with E-state index in [9.17, 15) is 4.79 Å². The van der Waals surface area contributed by atoms with Gasteiger partial charge >= 0.3 is 0 Å². The SMILES string of the molecule is CCc1ccc(/C=C2\SC(=Nc3cccc(Cl)c3C)NC2=O)cc1. The fourth-order valence-corrected chi connectivity index (χ4v) is 3.31. The van der Waals surface area contributed by atoms with Gasteiger partial charge in [0, 0.05) is 5.02 Å². The Balaban J connectivity index is 1.83. The number of amides is 1. The highest BCUT2D eigenvalue weighted by Gasteiger charge is 2.24. The van der Waals surface area contributed by atoms with Crippen LogP contribution in [0.4, 0.5) is 5.69 Å². The van der Waals surface area contributed by atoms with Crippen LogP contribution < -0.4 is 5.32 Å². The molecule has 0 unspecified atom stereocenters. The summed E-state index contributed by atoms with van der Waals surface area (Å²) in [7, 11) is 0. The molecule has 0 bridgehead atoms. The number of benzene rings is 2. The zero-order valence-corrected chi connectivity index (χ0v) is 15.0. The Kier molecular flexibility index (Phi) is 5.07. The van der Waals surface area contributed by atoms with Crippen molar-refractivity contribution < 1.29 is 4.79 Å². The first-order valence-electron chi connectivity index (χ1n) is 7.70. The Morgan fingerprint density at radius 1 is 1.21 bits per heavy atom. The number of rotatable bonds is 3. The van der Waals surface area contributed by atoms with Crippen molar-refractivity contribution in [3.8, 4) is 0 Å². The first-order chi connectivity index (χ1) is 11.6. The van der Waals surface area contributed by atoms with Crippen LogP contribution in [-0.4, -0.2) is 11.1 Å². The van der Waals surface area contributed by atoms with Crippen molar-refractivity contribution >= 4 is 46.2 Å². The number of aryl methyl sites for hydroxylation is 1. The lowest BCUT2D eigenvalue weighted by atomic mass is 10.1. The molecule has 0 saturated carbocycles. The molecule has 0 aromatic heterocycles.